The summed E-state index contributed by atoms with van der Waals surface area (Å²) in [6, 6.07) is 10.7. The standard InChI is InChI=1S/C30H33F2N3O/c1-17(2)26-13-22(7-9-28(26)32)11-18(3)23-8-10-27(31)24(14-23)12-19(4)25-15-33-30(34-16-25)29-20(5)35-36-21(29)6/h7-10,13-19H,11-12H2,1-6H3/t18-,19+/m0/s1. The van der Waals surface area contributed by atoms with Crippen molar-refractivity contribution in [3.8, 4) is 11.4 Å². The maximum Gasteiger partial charge on any atom is 0.164 e. The molecule has 0 aliphatic carbocycles. The molecule has 4 rings (SSSR count). The third-order valence-electron chi connectivity index (χ3n) is 6.89. The first kappa shape index (κ1) is 25.7. The van der Waals surface area contributed by atoms with E-state index in [1.54, 1.807) is 24.5 Å². The number of benzene rings is 2. The fraction of sp³-hybridized carbons (Fsp3) is 0.367. The number of aromatic nitrogens is 3. The van der Waals surface area contributed by atoms with Crippen molar-refractivity contribution < 1.29 is 13.3 Å². The van der Waals surface area contributed by atoms with Gasteiger partial charge in [-0.1, -0.05) is 57.1 Å². The molecule has 2 aromatic carbocycles. The molecule has 4 nitrogen and oxygen atoms in total. The number of aryl methyl sites for hydroxylation is 2. The largest absolute Gasteiger partial charge is 0.361 e. The van der Waals surface area contributed by atoms with Gasteiger partial charge < -0.3 is 4.52 Å². The van der Waals surface area contributed by atoms with Crippen molar-refractivity contribution in [2.45, 2.75) is 72.1 Å². The van der Waals surface area contributed by atoms with E-state index in [2.05, 4.69) is 29.0 Å². The molecule has 2 atom stereocenters. The van der Waals surface area contributed by atoms with Crippen LogP contribution in [0.3, 0.4) is 0 Å². The first-order valence-electron chi connectivity index (χ1n) is 12.5. The average Bonchev–Trinajstić information content (AvgIpc) is 3.19. The van der Waals surface area contributed by atoms with E-state index in [-0.39, 0.29) is 29.4 Å². The first-order valence-corrected chi connectivity index (χ1v) is 12.5. The maximum absolute atomic E-state index is 14.8. The zero-order valence-electron chi connectivity index (χ0n) is 21.8. The van der Waals surface area contributed by atoms with Gasteiger partial charge in [-0.05, 0) is 84.4 Å². The van der Waals surface area contributed by atoms with E-state index in [9.17, 15) is 8.78 Å². The molecule has 188 valence electrons. The summed E-state index contributed by atoms with van der Waals surface area (Å²) in [5.41, 5.74) is 6.06. The van der Waals surface area contributed by atoms with Gasteiger partial charge in [0, 0.05) is 12.4 Å². The Morgan fingerprint density at radius 1 is 0.806 bits per heavy atom. The van der Waals surface area contributed by atoms with Crippen LogP contribution in [0.1, 0.15) is 84.7 Å². The normalized spacial score (nSPS) is 13.2. The minimum Gasteiger partial charge on any atom is -0.361 e. The van der Waals surface area contributed by atoms with Gasteiger partial charge in [-0.3, -0.25) is 0 Å². The molecule has 0 N–H and O–H groups in total. The highest BCUT2D eigenvalue weighted by Crippen LogP contribution is 2.29. The number of nitrogens with zero attached hydrogens (tertiary/aromatic N) is 3. The number of rotatable bonds is 8. The van der Waals surface area contributed by atoms with E-state index in [0.717, 1.165) is 39.9 Å². The molecule has 0 bridgehead atoms. The highest BCUT2D eigenvalue weighted by molar-refractivity contribution is 5.59. The van der Waals surface area contributed by atoms with Crippen LogP contribution in [-0.2, 0) is 12.8 Å². The van der Waals surface area contributed by atoms with Crippen molar-refractivity contribution >= 4 is 0 Å². The second kappa shape index (κ2) is 10.7. The molecule has 0 radical (unpaired) electrons. The van der Waals surface area contributed by atoms with Crippen molar-refractivity contribution in [3.63, 3.8) is 0 Å². The van der Waals surface area contributed by atoms with Crippen LogP contribution in [-0.4, -0.2) is 15.1 Å². The van der Waals surface area contributed by atoms with Gasteiger partial charge in [0.05, 0.1) is 11.3 Å². The van der Waals surface area contributed by atoms with E-state index in [4.69, 9.17) is 4.52 Å². The third kappa shape index (κ3) is 5.53. The number of halogens is 2. The third-order valence-corrected chi connectivity index (χ3v) is 6.89. The van der Waals surface area contributed by atoms with Crippen LogP contribution in [0.15, 0.2) is 53.3 Å². The lowest BCUT2D eigenvalue weighted by molar-refractivity contribution is 0.393. The second-order valence-electron chi connectivity index (χ2n) is 10.1. The molecule has 0 amide bonds. The highest BCUT2D eigenvalue weighted by Gasteiger charge is 2.18. The van der Waals surface area contributed by atoms with Gasteiger partial charge in [0.2, 0.25) is 0 Å². The molecular formula is C30H33F2N3O. The summed E-state index contributed by atoms with van der Waals surface area (Å²) in [6.45, 7) is 11.9. The van der Waals surface area contributed by atoms with Crippen LogP contribution in [0.4, 0.5) is 8.78 Å². The molecular weight excluding hydrogens is 456 g/mol. The molecule has 6 heteroatoms. The van der Waals surface area contributed by atoms with Crippen LogP contribution in [0.2, 0.25) is 0 Å². The average molecular weight is 490 g/mol. The van der Waals surface area contributed by atoms with Crippen LogP contribution in [0.5, 0.6) is 0 Å². The summed E-state index contributed by atoms with van der Waals surface area (Å²) in [6.07, 6.45) is 4.89. The first-order chi connectivity index (χ1) is 17.1. The molecule has 0 aliphatic rings. The fourth-order valence-electron chi connectivity index (χ4n) is 4.66. The summed E-state index contributed by atoms with van der Waals surface area (Å²) in [7, 11) is 0. The summed E-state index contributed by atoms with van der Waals surface area (Å²) in [5, 5.41) is 3.97. The molecule has 0 spiro atoms. The predicted molar refractivity (Wildman–Crippen MR) is 138 cm³/mol. The number of hydrogen-bond donors (Lipinski definition) is 0. The Morgan fingerprint density at radius 2 is 1.47 bits per heavy atom. The van der Waals surface area contributed by atoms with Gasteiger partial charge in [-0.25, -0.2) is 18.7 Å². The topological polar surface area (TPSA) is 51.8 Å². The molecule has 0 unspecified atom stereocenters. The second-order valence-corrected chi connectivity index (χ2v) is 10.1. The SMILES string of the molecule is Cc1noc(C)c1-c1ncc([C@H](C)Cc2cc([C@@H](C)Cc3ccc(F)c(C(C)C)c3)ccc2F)cn1. The minimum atomic E-state index is -0.213. The van der Waals surface area contributed by atoms with Gasteiger partial charge in [0.25, 0.3) is 0 Å². The van der Waals surface area contributed by atoms with Crippen molar-refractivity contribution in [2.24, 2.45) is 0 Å². The molecule has 0 saturated heterocycles. The summed E-state index contributed by atoms with van der Waals surface area (Å²) in [5.74, 6) is 1.21. The van der Waals surface area contributed by atoms with E-state index < -0.39 is 0 Å². The monoisotopic (exact) mass is 489 g/mol. The van der Waals surface area contributed by atoms with Crippen molar-refractivity contribution in [1.82, 2.24) is 15.1 Å². The lowest BCUT2D eigenvalue weighted by Crippen LogP contribution is -2.06. The molecule has 0 aliphatic heterocycles. The Morgan fingerprint density at radius 3 is 2.11 bits per heavy atom. The van der Waals surface area contributed by atoms with Crippen LogP contribution >= 0.6 is 0 Å². The Kier molecular flexibility index (Phi) is 7.62. The Labute approximate surface area is 211 Å². The molecule has 0 fully saturated rings. The van der Waals surface area contributed by atoms with Gasteiger partial charge in [0.15, 0.2) is 5.82 Å². The zero-order valence-corrected chi connectivity index (χ0v) is 21.8. The van der Waals surface area contributed by atoms with Crippen LogP contribution in [0.25, 0.3) is 11.4 Å². The quantitative estimate of drug-likeness (QED) is 0.253. The lowest BCUT2D eigenvalue weighted by atomic mass is 9.88. The Bertz CT molecular complexity index is 1330. The van der Waals surface area contributed by atoms with Crippen LogP contribution in [0, 0.1) is 25.5 Å². The smallest absolute Gasteiger partial charge is 0.164 e. The highest BCUT2D eigenvalue weighted by atomic mass is 19.1. The molecule has 0 saturated carbocycles. The molecule has 2 heterocycles. The summed E-state index contributed by atoms with van der Waals surface area (Å²) >= 11 is 0. The fourth-order valence-corrected chi connectivity index (χ4v) is 4.66. The van der Waals surface area contributed by atoms with Gasteiger partial charge >= 0.3 is 0 Å². The van der Waals surface area contributed by atoms with E-state index >= 15 is 0 Å². The Balaban J connectivity index is 1.49. The molecule has 4 aromatic rings. The minimum absolute atomic E-state index is 0.0365. The molecule has 36 heavy (non-hydrogen) atoms. The Hall–Kier alpha value is -3.41. The zero-order chi connectivity index (χ0) is 26.0. The summed E-state index contributed by atoms with van der Waals surface area (Å²) < 4.78 is 34.1. The van der Waals surface area contributed by atoms with Crippen molar-refractivity contribution in [3.05, 3.63) is 99.7 Å². The predicted octanol–water partition coefficient (Wildman–Crippen LogP) is 7.84. The lowest BCUT2D eigenvalue weighted by Gasteiger charge is -2.17. The van der Waals surface area contributed by atoms with Crippen molar-refractivity contribution in [1.29, 1.82) is 0 Å². The maximum atomic E-state index is 14.8. The van der Waals surface area contributed by atoms with Gasteiger partial charge in [0.1, 0.15) is 17.4 Å². The number of hydrogen-bond acceptors (Lipinski definition) is 4. The van der Waals surface area contributed by atoms with E-state index in [1.807, 2.05) is 52.0 Å². The van der Waals surface area contributed by atoms with Gasteiger partial charge in [-0.2, -0.15) is 0 Å². The van der Waals surface area contributed by atoms with Crippen molar-refractivity contribution in [2.75, 3.05) is 0 Å². The summed E-state index contributed by atoms with van der Waals surface area (Å²) in [4.78, 5) is 9.03. The van der Waals surface area contributed by atoms with Gasteiger partial charge in [-0.15, -0.1) is 0 Å². The van der Waals surface area contributed by atoms with E-state index in [1.165, 1.54) is 0 Å². The molecule has 2 aromatic heterocycles. The van der Waals surface area contributed by atoms with Crippen LogP contribution < -0.4 is 0 Å². The van der Waals surface area contributed by atoms with E-state index in [0.29, 0.717) is 23.6 Å².